The van der Waals surface area contributed by atoms with Gasteiger partial charge in [0.2, 0.25) is 0 Å². The Balaban J connectivity index is 1.18. The first kappa shape index (κ1) is 36.6. The maximum atomic E-state index is 11.9. The molecule has 0 spiro atoms. The molecule has 8 heteroatoms. The summed E-state index contributed by atoms with van der Waals surface area (Å²) in [5, 5.41) is 0. The van der Waals surface area contributed by atoms with Crippen molar-refractivity contribution in [2.24, 2.45) is 34.5 Å². The molecule has 1 aliphatic heterocycles. The summed E-state index contributed by atoms with van der Waals surface area (Å²) in [5.74, 6) is 1.95. The summed E-state index contributed by atoms with van der Waals surface area (Å²) in [5.41, 5.74) is 3.63. The second-order valence-corrected chi connectivity index (χ2v) is 15.4. The second kappa shape index (κ2) is 15.9. The summed E-state index contributed by atoms with van der Waals surface area (Å²) < 4.78 is 28.5. The monoisotopic (exact) mass is 666 g/mol. The quantitative estimate of drug-likeness (QED) is 0.0846. The molecule has 5 rings (SSSR count). The van der Waals surface area contributed by atoms with Crippen molar-refractivity contribution in [2.45, 2.75) is 136 Å². The largest absolute Gasteiger partial charge is 0.466 e. The van der Waals surface area contributed by atoms with Crippen LogP contribution in [0, 0.1) is 34.5 Å². The molecule has 0 aromatic rings. The second-order valence-electron chi connectivity index (χ2n) is 15.4. The van der Waals surface area contributed by atoms with Gasteiger partial charge >= 0.3 is 17.9 Å². The van der Waals surface area contributed by atoms with Crippen LogP contribution in [-0.4, -0.2) is 55.7 Å². The Bertz CT molecular complexity index is 1280. The molecule has 0 radical (unpaired) electrons. The number of allylic oxidation sites excluding steroid dienone is 3. The average molecular weight is 667 g/mol. The predicted octanol–water partition coefficient (Wildman–Crippen LogP) is 7.96. The van der Waals surface area contributed by atoms with E-state index in [-0.39, 0.29) is 42.6 Å². The number of esters is 3. The van der Waals surface area contributed by atoms with Gasteiger partial charge < -0.3 is 23.7 Å². The lowest BCUT2D eigenvalue weighted by Crippen LogP contribution is -2.51. The van der Waals surface area contributed by atoms with Crippen molar-refractivity contribution in [3.63, 3.8) is 0 Å². The van der Waals surface area contributed by atoms with E-state index in [4.69, 9.17) is 23.7 Å². The minimum absolute atomic E-state index is 0.0660. The maximum Gasteiger partial charge on any atom is 0.306 e. The predicted molar refractivity (Wildman–Crippen MR) is 183 cm³/mol. The molecule has 10 atom stereocenters. The third kappa shape index (κ3) is 8.18. The number of carbonyl (C=O) groups is 3. The van der Waals surface area contributed by atoms with Crippen molar-refractivity contribution in [1.29, 1.82) is 0 Å². The number of carbonyl (C=O) groups excluding carboxylic acids is 3. The van der Waals surface area contributed by atoms with Gasteiger partial charge in [-0.25, -0.2) is 0 Å². The van der Waals surface area contributed by atoms with E-state index in [9.17, 15) is 14.4 Å². The maximum absolute atomic E-state index is 11.9. The lowest BCUT2D eigenvalue weighted by molar-refractivity contribution is -0.206. The van der Waals surface area contributed by atoms with E-state index < -0.39 is 18.5 Å². The zero-order chi connectivity index (χ0) is 34.5. The Kier molecular flexibility index (Phi) is 12.1. The van der Waals surface area contributed by atoms with Crippen LogP contribution in [0.5, 0.6) is 0 Å². The van der Waals surface area contributed by atoms with Crippen LogP contribution in [-0.2, 0) is 38.1 Å². The molecular formula is C40H58O8. The fraction of sp³-hybridized carbons (Fsp3) is 0.725. The minimum Gasteiger partial charge on any atom is -0.466 e. The van der Waals surface area contributed by atoms with E-state index in [0.717, 1.165) is 50.4 Å². The van der Waals surface area contributed by atoms with Crippen molar-refractivity contribution >= 4 is 17.9 Å². The van der Waals surface area contributed by atoms with E-state index in [1.54, 1.807) is 11.6 Å². The number of unbranched alkanes of at least 4 members (excludes halogenated alkanes) is 1. The molecule has 0 aromatic carbocycles. The van der Waals surface area contributed by atoms with Crippen molar-refractivity contribution in [3.05, 3.63) is 48.1 Å². The average Bonchev–Trinajstić information content (AvgIpc) is 3.40. The van der Waals surface area contributed by atoms with Gasteiger partial charge in [-0.1, -0.05) is 49.8 Å². The Hall–Kier alpha value is -2.71. The molecule has 3 fully saturated rings. The van der Waals surface area contributed by atoms with E-state index in [0.29, 0.717) is 30.1 Å². The normalized spacial score (nSPS) is 37.4. The summed E-state index contributed by atoms with van der Waals surface area (Å²) in [6, 6.07) is 0. The van der Waals surface area contributed by atoms with Crippen molar-refractivity contribution < 1.29 is 38.1 Å². The number of hydrogen-bond acceptors (Lipinski definition) is 8. The molecule has 0 aromatic heterocycles. The Morgan fingerprint density at radius 2 is 1.81 bits per heavy atom. The van der Waals surface area contributed by atoms with Gasteiger partial charge in [0.15, 0.2) is 6.29 Å². The Labute approximate surface area is 287 Å². The molecule has 0 amide bonds. The lowest BCUT2D eigenvalue weighted by atomic mass is 9.47. The van der Waals surface area contributed by atoms with Gasteiger partial charge in [0.05, 0.1) is 12.7 Å². The van der Waals surface area contributed by atoms with E-state index in [2.05, 4.69) is 39.5 Å². The highest BCUT2D eigenvalue weighted by Crippen LogP contribution is 2.67. The fourth-order valence-corrected chi connectivity index (χ4v) is 10.2. The van der Waals surface area contributed by atoms with Crippen LogP contribution in [0.25, 0.3) is 0 Å². The van der Waals surface area contributed by atoms with E-state index in [1.165, 1.54) is 45.1 Å². The topological polar surface area (TPSA) is 97.4 Å². The molecule has 266 valence electrons. The first-order valence-corrected chi connectivity index (χ1v) is 18.4. The van der Waals surface area contributed by atoms with Gasteiger partial charge in [-0.05, 0) is 118 Å². The standard InChI is InChI=1S/C40H58O8/c1-7-23-45-37(43)11-9-8-10-26(2)32-14-15-33-31-13-12-29-25-30(18-21-39(29,5)34(31)19-22-40(32,33)6)47-38-17-16-35(46-28(4)42)36(48-38)20-24-44-27(3)41/h7,10,12,16-17,30-36,38H,1,8-9,11,13-15,18-25H2,2-6H3/b26-10+/t30-,31?,32+,33?,34?,35-,36+,38?,39-,40+/m0/s1. The molecule has 8 nitrogen and oxygen atoms in total. The van der Waals surface area contributed by atoms with Crippen LogP contribution < -0.4 is 0 Å². The third-order valence-corrected chi connectivity index (χ3v) is 12.5. The van der Waals surface area contributed by atoms with E-state index >= 15 is 0 Å². The van der Waals surface area contributed by atoms with Crippen LogP contribution in [0.2, 0.25) is 0 Å². The summed E-state index contributed by atoms with van der Waals surface area (Å²) in [7, 11) is 0. The molecule has 48 heavy (non-hydrogen) atoms. The first-order chi connectivity index (χ1) is 22.9. The molecule has 0 bridgehead atoms. The molecule has 3 saturated carbocycles. The van der Waals surface area contributed by atoms with Gasteiger partial charge in [0, 0.05) is 26.7 Å². The van der Waals surface area contributed by atoms with Crippen LogP contribution in [0.4, 0.5) is 0 Å². The highest BCUT2D eigenvalue weighted by atomic mass is 16.7. The fourth-order valence-electron chi connectivity index (χ4n) is 10.2. The highest BCUT2D eigenvalue weighted by Gasteiger charge is 2.58. The number of fused-ring (bicyclic) bond motifs is 5. The van der Waals surface area contributed by atoms with Crippen molar-refractivity contribution in [1.82, 2.24) is 0 Å². The van der Waals surface area contributed by atoms with Gasteiger partial charge in [-0.15, -0.1) is 0 Å². The minimum atomic E-state index is -0.532. The zero-order valence-electron chi connectivity index (χ0n) is 29.9. The van der Waals surface area contributed by atoms with Gasteiger partial charge in [-0.3, -0.25) is 14.4 Å². The SMILES string of the molecule is C=CCOC(=O)CCC/C=C(\C)[C@H]1CCC2C3CC=C4C[C@@H](OC5C=C[C@H](OC(C)=O)[C@@H](CCOC(C)=O)O5)CC[C@]4(C)C3CC[C@@]21C. The number of ether oxygens (including phenoxy) is 5. The summed E-state index contributed by atoms with van der Waals surface area (Å²) in [6.07, 6.45) is 20.8. The van der Waals surface area contributed by atoms with Gasteiger partial charge in [0.25, 0.3) is 0 Å². The Morgan fingerprint density at radius 3 is 2.56 bits per heavy atom. The summed E-state index contributed by atoms with van der Waals surface area (Å²) >= 11 is 0. The van der Waals surface area contributed by atoms with Crippen molar-refractivity contribution in [3.8, 4) is 0 Å². The van der Waals surface area contributed by atoms with Crippen LogP contribution >= 0.6 is 0 Å². The molecule has 0 N–H and O–H groups in total. The van der Waals surface area contributed by atoms with Gasteiger partial charge in [-0.2, -0.15) is 0 Å². The number of hydrogen-bond donors (Lipinski definition) is 0. The lowest BCUT2D eigenvalue weighted by Gasteiger charge is -2.58. The van der Waals surface area contributed by atoms with Crippen LogP contribution in [0.1, 0.15) is 112 Å². The van der Waals surface area contributed by atoms with Crippen LogP contribution in [0.15, 0.2) is 48.1 Å². The third-order valence-electron chi connectivity index (χ3n) is 12.5. The molecular weight excluding hydrogens is 608 g/mol. The molecule has 4 aliphatic carbocycles. The Morgan fingerprint density at radius 1 is 1.00 bits per heavy atom. The van der Waals surface area contributed by atoms with E-state index in [1.807, 2.05) is 12.2 Å². The zero-order valence-corrected chi connectivity index (χ0v) is 29.9. The summed E-state index contributed by atoms with van der Waals surface area (Å²) in [4.78, 5) is 34.8. The summed E-state index contributed by atoms with van der Waals surface area (Å²) in [6.45, 7) is 14.3. The van der Waals surface area contributed by atoms with Crippen LogP contribution in [0.3, 0.4) is 0 Å². The highest BCUT2D eigenvalue weighted by molar-refractivity contribution is 5.69. The molecule has 5 aliphatic rings. The number of rotatable bonds is 13. The molecule has 1 heterocycles. The van der Waals surface area contributed by atoms with Crippen molar-refractivity contribution in [2.75, 3.05) is 13.2 Å². The van der Waals surface area contributed by atoms with Gasteiger partial charge in [0.1, 0.15) is 18.8 Å². The first-order valence-electron chi connectivity index (χ1n) is 18.4. The molecule has 4 unspecified atom stereocenters. The molecule has 0 saturated heterocycles. The smallest absolute Gasteiger partial charge is 0.306 e.